The van der Waals surface area contributed by atoms with Crippen LogP contribution in [-0.2, 0) is 19.1 Å². The summed E-state index contributed by atoms with van der Waals surface area (Å²) < 4.78 is 36.7. The van der Waals surface area contributed by atoms with E-state index in [0.717, 1.165) is 17.0 Å². The second-order valence-electron chi connectivity index (χ2n) is 6.64. The molecule has 0 bridgehead atoms. The second kappa shape index (κ2) is 6.98. The van der Waals surface area contributed by atoms with Gasteiger partial charge in [0.05, 0.1) is 19.3 Å². The van der Waals surface area contributed by atoms with E-state index in [4.69, 9.17) is 4.74 Å². The molecular weight excluding hydrogens is 362 g/mol. The zero-order valence-electron chi connectivity index (χ0n) is 14.8. The third-order valence-electron chi connectivity index (χ3n) is 4.53. The summed E-state index contributed by atoms with van der Waals surface area (Å²) in [6.45, 7) is 1.21. The molecule has 1 unspecified atom stereocenters. The number of hydrogen-bond donors (Lipinski definition) is 1. The van der Waals surface area contributed by atoms with Gasteiger partial charge in [-0.05, 0) is 31.9 Å². The summed E-state index contributed by atoms with van der Waals surface area (Å²) >= 11 is 0. The Hall–Kier alpha value is -2.97. The number of carbonyl (C=O) groups excluding carboxylic acids is 3. The van der Waals surface area contributed by atoms with Crippen LogP contribution in [0.2, 0.25) is 0 Å². The van der Waals surface area contributed by atoms with E-state index >= 15 is 0 Å². The Labute approximate surface area is 153 Å². The lowest BCUT2D eigenvalue weighted by Crippen LogP contribution is -2.50. The molecule has 0 aromatic heterocycles. The second-order valence-corrected chi connectivity index (χ2v) is 6.64. The maximum absolute atomic E-state index is 13.4. The van der Waals surface area contributed by atoms with E-state index in [9.17, 15) is 23.2 Å². The molecule has 2 aliphatic rings. The van der Waals surface area contributed by atoms with Gasteiger partial charge in [0.15, 0.2) is 0 Å². The fourth-order valence-electron chi connectivity index (χ4n) is 3.12. The topological polar surface area (TPSA) is 84.9 Å². The van der Waals surface area contributed by atoms with Gasteiger partial charge in [-0.2, -0.15) is 0 Å². The van der Waals surface area contributed by atoms with E-state index < -0.39 is 35.2 Å². The van der Waals surface area contributed by atoms with E-state index in [2.05, 4.69) is 10.1 Å². The van der Waals surface area contributed by atoms with E-state index in [0.29, 0.717) is 24.5 Å². The third kappa shape index (κ3) is 3.76. The van der Waals surface area contributed by atoms with Gasteiger partial charge in [-0.3, -0.25) is 9.69 Å². The molecule has 3 rings (SSSR count). The lowest BCUT2D eigenvalue weighted by atomic mass is 10.0. The van der Waals surface area contributed by atoms with Crippen molar-refractivity contribution < 1.29 is 32.6 Å². The summed E-state index contributed by atoms with van der Waals surface area (Å²) in [5.41, 5.74) is -1.11. The molecule has 1 aliphatic heterocycles. The Kier molecular flexibility index (Phi) is 4.86. The number of halogens is 2. The molecule has 0 radical (unpaired) electrons. The maximum atomic E-state index is 13.4. The summed E-state index contributed by atoms with van der Waals surface area (Å²) in [5, 5.41) is 2.73. The third-order valence-corrected chi connectivity index (χ3v) is 4.53. The molecule has 7 nitrogen and oxygen atoms in total. The van der Waals surface area contributed by atoms with Crippen molar-refractivity contribution in [2.45, 2.75) is 31.4 Å². The van der Waals surface area contributed by atoms with Crippen molar-refractivity contribution in [2.75, 3.05) is 18.6 Å². The molecule has 0 spiro atoms. The van der Waals surface area contributed by atoms with E-state index in [-0.39, 0.29) is 18.3 Å². The number of cyclic esters (lactones) is 1. The van der Waals surface area contributed by atoms with Gasteiger partial charge in [0, 0.05) is 17.7 Å². The number of ether oxygens (including phenoxy) is 2. The number of nitrogens with zero attached hydrogens (tertiary/aromatic N) is 1. The predicted octanol–water partition coefficient (Wildman–Crippen LogP) is 2.06. The van der Waals surface area contributed by atoms with Crippen LogP contribution in [0.3, 0.4) is 0 Å². The Balaban J connectivity index is 1.67. The number of esters is 1. The van der Waals surface area contributed by atoms with E-state index in [1.54, 1.807) is 6.08 Å². The number of rotatable bonds is 4. The Morgan fingerprint density at radius 2 is 1.96 bits per heavy atom. The van der Waals surface area contributed by atoms with Crippen molar-refractivity contribution in [1.29, 1.82) is 0 Å². The van der Waals surface area contributed by atoms with Crippen molar-refractivity contribution in [3.8, 4) is 0 Å². The first kappa shape index (κ1) is 18.8. The van der Waals surface area contributed by atoms with Gasteiger partial charge in [-0.25, -0.2) is 18.4 Å². The van der Waals surface area contributed by atoms with Crippen LogP contribution in [0.15, 0.2) is 29.8 Å². The Morgan fingerprint density at radius 3 is 2.59 bits per heavy atom. The van der Waals surface area contributed by atoms with Crippen molar-refractivity contribution >= 4 is 23.7 Å². The van der Waals surface area contributed by atoms with Gasteiger partial charge < -0.3 is 14.8 Å². The molecule has 1 saturated heterocycles. The highest BCUT2D eigenvalue weighted by atomic mass is 19.1. The number of hydrogen-bond acceptors (Lipinski definition) is 5. The normalized spacial score (nSPS) is 24.4. The predicted molar refractivity (Wildman–Crippen MR) is 89.9 cm³/mol. The van der Waals surface area contributed by atoms with Gasteiger partial charge >= 0.3 is 12.1 Å². The average Bonchev–Trinajstić information content (AvgIpc) is 3.18. The maximum Gasteiger partial charge on any atom is 0.415 e. The number of amides is 2. The lowest BCUT2D eigenvalue weighted by Gasteiger charge is -2.23. The number of nitrogens with one attached hydrogen (secondary N) is 1. The summed E-state index contributed by atoms with van der Waals surface area (Å²) in [5.74, 6) is -2.70. The van der Waals surface area contributed by atoms with Crippen LogP contribution in [0, 0.1) is 11.6 Å². The minimum absolute atomic E-state index is 0.0375. The standard InChI is InChI=1S/C18H18F2N2O5/c1-18(16(24)21-13-4-3-10(5-13)15(23)26-2)9-22(17(25)27-18)14-7-11(19)6-12(20)8-14/h3,6-8,13H,4-5,9H2,1-2H3,(H,21,24)/t13-,18?/m0/s1. The summed E-state index contributed by atoms with van der Waals surface area (Å²) in [4.78, 5) is 37.3. The molecule has 2 amide bonds. The highest BCUT2D eigenvalue weighted by molar-refractivity contribution is 5.98. The van der Waals surface area contributed by atoms with Crippen LogP contribution in [-0.4, -0.2) is 43.3 Å². The number of anilines is 1. The van der Waals surface area contributed by atoms with Crippen LogP contribution >= 0.6 is 0 Å². The van der Waals surface area contributed by atoms with Gasteiger partial charge in [-0.1, -0.05) is 6.08 Å². The first-order valence-electron chi connectivity index (χ1n) is 8.27. The van der Waals surface area contributed by atoms with Crippen molar-refractivity contribution in [3.63, 3.8) is 0 Å². The van der Waals surface area contributed by atoms with E-state index in [1.165, 1.54) is 14.0 Å². The molecule has 1 N–H and O–H groups in total. The van der Waals surface area contributed by atoms with Crippen LogP contribution in [0.4, 0.5) is 19.3 Å². The average molecular weight is 380 g/mol. The minimum Gasteiger partial charge on any atom is -0.466 e. The summed E-state index contributed by atoms with van der Waals surface area (Å²) in [6, 6.07) is 2.32. The van der Waals surface area contributed by atoms with Gasteiger partial charge in [0.25, 0.3) is 5.91 Å². The molecule has 9 heteroatoms. The van der Waals surface area contributed by atoms with Crippen molar-refractivity contribution in [3.05, 3.63) is 41.5 Å². The zero-order valence-corrected chi connectivity index (χ0v) is 14.8. The Morgan fingerprint density at radius 1 is 1.30 bits per heavy atom. The molecule has 27 heavy (non-hydrogen) atoms. The van der Waals surface area contributed by atoms with Crippen molar-refractivity contribution in [1.82, 2.24) is 5.32 Å². The van der Waals surface area contributed by atoms with Gasteiger partial charge in [0.1, 0.15) is 11.6 Å². The quantitative estimate of drug-likeness (QED) is 0.809. The van der Waals surface area contributed by atoms with E-state index in [1.807, 2.05) is 0 Å². The number of benzene rings is 1. The highest BCUT2D eigenvalue weighted by Crippen LogP contribution is 2.30. The number of methoxy groups -OCH3 is 1. The lowest BCUT2D eigenvalue weighted by molar-refractivity contribution is -0.137. The van der Waals surface area contributed by atoms with Crippen LogP contribution in [0.5, 0.6) is 0 Å². The zero-order chi connectivity index (χ0) is 19.8. The van der Waals surface area contributed by atoms with Crippen LogP contribution in [0.1, 0.15) is 19.8 Å². The molecule has 1 aromatic carbocycles. The molecule has 1 fully saturated rings. The van der Waals surface area contributed by atoms with Crippen LogP contribution < -0.4 is 10.2 Å². The molecule has 1 heterocycles. The minimum atomic E-state index is -1.53. The Bertz CT molecular complexity index is 821. The van der Waals surface area contributed by atoms with Gasteiger partial charge in [0.2, 0.25) is 5.60 Å². The molecule has 1 aliphatic carbocycles. The largest absolute Gasteiger partial charge is 0.466 e. The fourth-order valence-corrected chi connectivity index (χ4v) is 3.12. The van der Waals surface area contributed by atoms with Crippen LogP contribution in [0.25, 0.3) is 0 Å². The molecule has 0 saturated carbocycles. The smallest absolute Gasteiger partial charge is 0.415 e. The first-order valence-corrected chi connectivity index (χ1v) is 8.27. The first-order chi connectivity index (χ1) is 12.7. The molecule has 1 aromatic rings. The SMILES string of the molecule is COC(=O)C1=CC[C@H](NC(=O)C2(C)CN(c3cc(F)cc(F)c3)C(=O)O2)C1. The van der Waals surface area contributed by atoms with Gasteiger partial charge in [-0.15, -0.1) is 0 Å². The summed E-state index contributed by atoms with van der Waals surface area (Å²) in [6.07, 6.45) is 1.56. The molecular formula is C18H18F2N2O5. The monoisotopic (exact) mass is 380 g/mol. The molecule has 144 valence electrons. The highest BCUT2D eigenvalue weighted by Gasteiger charge is 2.48. The summed E-state index contributed by atoms with van der Waals surface area (Å²) in [7, 11) is 1.28. The van der Waals surface area contributed by atoms with Crippen molar-refractivity contribution in [2.24, 2.45) is 0 Å². The number of carbonyl (C=O) groups is 3. The molecule has 2 atom stereocenters. The fraction of sp³-hybridized carbons (Fsp3) is 0.389.